The molecule has 0 bridgehead atoms. The van der Waals surface area contributed by atoms with Crippen molar-refractivity contribution in [3.8, 4) is 0 Å². The van der Waals surface area contributed by atoms with Crippen LogP contribution in [0.4, 0.5) is 5.69 Å². The molecule has 2 aromatic rings. The Kier molecular flexibility index (Phi) is 3.42. The van der Waals surface area contributed by atoms with Gasteiger partial charge in [-0.2, -0.15) is 0 Å². The Morgan fingerprint density at radius 3 is 2.88 bits per heavy atom. The molecule has 84 valence electrons. The predicted molar refractivity (Wildman–Crippen MR) is 72.2 cm³/mol. The fourth-order valence-electron chi connectivity index (χ4n) is 1.37. The standard InChI is InChI=1S/C11H13IN4/c1-8-3-4-9(5-11(8)12)13-6-10-7-14-15-16(10)2/h3-5,7,13H,6H2,1-2H3. The van der Waals surface area contributed by atoms with Crippen molar-refractivity contribution in [2.45, 2.75) is 13.5 Å². The van der Waals surface area contributed by atoms with Gasteiger partial charge in [0.25, 0.3) is 0 Å². The summed E-state index contributed by atoms with van der Waals surface area (Å²) < 4.78 is 3.04. The first-order valence-electron chi connectivity index (χ1n) is 5.00. The minimum absolute atomic E-state index is 0.739. The van der Waals surface area contributed by atoms with Gasteiger partial charge in [0.1, 0.15) is 0 Å². The van der Waals surface area contributed by atoms with Crippen molar-refractivity contribution in [3.05, 3.63) is 39.2 Å². The summed E-state index contributed by atoms with van der Waals surface area (Å²) in [5, 5.41) is 11.1. The lowest BCUT2D eigenvalue weighted by atomic mass is 10.2. The zero-order valence-corrected chi connectivity index (χ0v) is 11.4. The Bertz CT molecular complexity index is 492. The highest BCUT2D eigenvalue weighted by molar-refractivity contribution is 14.1. The minimum atomic E-state index is 0.739. The molecule has 0 spiro atoms. The van der Waals surface area contributed by atoms with Crippen LogP contribution in [0.5, 0.6) is 0 Å². The summed E-state index contributed by atoms with van der Waals surface area (Å²) in [7, 11) is 1.89. The summed E-state index contributed by atoms with van der Waals surface area (Å²) in [4.78, 5) is 0. The molecule has 1 aromatic carbocycles. The summed E-state index contributed by atoms with van der Waals surface area (Å²) in [5.41, 5.74) is 3.49. The summed E-state index contributed by atoms with van der Waals surface area (Å²) >= 11 is 2.34. The smallest absolute Gasteiger partial charge is 0.0774 e. The zero-order chi connectivity index (χ0) is 11.5. The van der Waals surface area contributed by atoms with E-state index in [0.29, 0.717) is 0 Å². The van der Waals surface area contributed by atoms with Gasteiger partial charge in [-0.25, -0.2) is 0 Å². The Morgan fingerprint density at radius 1 is 1.44 bits per heavy atom. The van der Waals surface area contributed by atoms with Crippen molar-refractivity contribution in [2.75, 3.05) is 5.32 Å². The van der Waals surface area contributed by atoms with Gasteiger partial charge in [-0.05, 0) is 47.2 Å². The monoisotopic (exact) mass is 328 g/mol. The molecular weight excluding hydrogens is 315 g/mol. The molecule has 16 heavy (non-hydrogen) atoms. The molecule has 0 aliphatic rings. The normalized spacial score (nSPS) is 10.4. The lowest BCUT2D eigenvalue weighted by Gasteiger charge is -2.07. The number of nitrogens with zero attached hydrogens (tertiary/aromatic N) is 3. The van der Waals surface area contributed by atoms with E-state index in [9.17, 15) is 0 Å². The third kappa shape index (κ3) is 2.52. The van der Waals surface area contributed by atoms with Crippen LogP contribution in [-0.4, -0.2) is 15.0 Å². The lowest BCUT2D eigenvalue weighted by molar-refractivity contribution is 0.683. The van der Waals surface area contributed by atoms with E-state index in [1.807, 2.05) is 7.05 Å². The summed E-state index contributed by atoms with van der Waals surface area (Å²) in [6.07, 6.45) is 1.77. The SMILES string of the molecule is Cc1ccc(NCc2cnnn2C)cc1I. The summed E-state index contributed by atoms with van der Waals surface area (Å²) in [6, 6.07) is 6.34. The van der Waals surface area contributed by atoms with E-state index in [2.05, 4.69) is 63.3 Å². The number of aryl methyl sites for hydroxylation is 2. The fourth-order valence-corrected chi connectivity index (χ4v) is 1.88. The van der Waals surface area contributed by atoms with Crippen LogP contribution in [0.3, 0.4) is 0 Å². The van der Waals surface area contributed by atoms with E-state index < -0.39 is 0 Å². The molecule has 0 aliphatic carbocycles. The molecule has 4 nitrogen and oxygen atoms in total. The topological polar surface area (TPSA) is 42.7 Å². The number of anilines is 1. The summed E-state index contributed by atoms with van der Waals surface area (Å²) in [6.45, 7) is 2.85. The second-order valence-corrected chi connectivity index (χ2v) is 4.83. The number of rotatable bonds is 3. The third-order valence-electron chi connectivity index (χ3n) is 2.45. The summed E-state index contributed by atoms with van der Waals surface area (Å²) in [5.74, 6) is 0. The number of hydrogen-bond donors (Lipinski definition) is 1. The average Bonchev–Trinajstić information content (AvgIpc) is 2.66. The van der Waals surface area contributed by atoms with Gasteiger partial charge in [-0.15, -0.1) is 5.10 Å². The van der Waals surface area contributed by atoms with Crippen LogP contribution in [-0.2, 0) is 13.6 Å². The minimum Gasteiger partial charge on any atom is -0.379 e. The van der Waals surface area contributed by atoms with E-state index in [-0.39, 0.29) is 0 Å². The van der Waals surface area contributed by atoms with E-state index in [1.165, 1.54) is 9.13 Å². The lowest BCUT2D eigenvalue weighted by Crippen LogP contribution is -2.05. The maximum absolute atomic E-state index is 3.89. The van der Waals surface area contributed by atoms with E-state index in [1.54, 1.807) is 10.9 Å². The first-order valence-corrected chi connectivity index (χ1v) is 6.08. The molecule has 0 saturated carbocycles. The van der Waals surface area contributed by atoms with Crippen molar-refractivity contribution < 1.29 is 0 Å². The molecule has 0 radical (unpaired) electrons. The Labute approximate surface area is 108 Å². The van der Waals surface area contributed by atoms with Gasteiger partial charge in [-0.3, -0.25) is 4.68 Å². The van der Waals surface area contributed by atoms with Crippen LogP contribution in [0.25, 0.3) is 0 Å². The fraction of sp³-hybridized carbons (Fsp3) is 0.273. The van der Waals surface area contributed by atoms with Crippen LogP contribution < -0.4 is 5.32 Å². The van der Waals surface area contributed by atoms with Crippen LogP contribution >= 0.6 is 22.6 Å². The number of benzene rings is 1. The molecule has 0 saturated heterocycles. The maximum atomic E-state index is 3.89. The van der Waals surface area contributed by atoms with Gasteiger partial charge >= 0.3 is 0 Å². The molecular formula is C11H13IN4. The molecule has 1 heterocycles. The Hall–Kier alpha value is -1.11. The highest BCUT2D eigenvalue weighted by atomic mass is 127. The average molecular weight is 328 g/mol. The first-order chi connectivity index (χ1) is 7.66. The van der Waals surface area contributed by atoms with Crippen LogP contribution in [0, 0.1) is 10.5 Å². The van der Waals surface area contributed by atoms with Gasteiger partial charge in [0.2, 0.25) is 0 Å². The molecule has 0 atom stereocenters. The molecule has 2 rings (SSSR count). The number of hydrogen-bond acceptors (Lipinski definition) is 3. The highest BCUT2D eigenvalue weighted by Gasteiger charge is 2.00. The largest absolute Gasteiger partial charge is 0.379 e. The maximum Gasteiger partial charge on any atom is 0.0774 e. The van der Waals surface area contributed by atoms with Gasteiger partial charge in [-0.1, -0.05) is 11.3 Å². The van der Waals surface area contributed by atoms with Gasteiger partial charge in [0, 0.05) is 16.3 Å². The highest BCUT2D eigenvalue weighted by Crippen LogP contribution is 2.17. The van der Waals surface area contributed by atoms with Gasteiger partial charge < -0.3 is 5.32 Å². The quantitative estimate of drug-likeness (QED) is 0.880. The molecule has 0 fully saturated rings. The number of halogens is 1. The first kappa shape index (κ1) is 11.4. The molecule has 0 amide bonds. The van der Waals surface area contributed by atoms with E-state index in [4.69, 9.17) is 0 Å². The Balaban J connectivity index is 2.05. The second-order valence-electron chi connectivity index (χ2n) is 3.67. The third-order valence-corrected chi connectivity index (χ3v) is 3.62. The number of nitrogens with one attached hydrogen (secondary N) is 1. The van der Waals surface area contributed by atoms with Crippen LogP contribution in [0.2, 0.25) is 0 Å². The number of aromatic nitrogens is 3. The van der Waals surface area contributed by atoms with Gasteiger partial charge in [0.15, 0.2) is 0 Å². The molecule has 0 aliphatic heterocycles. The van der Waals surface area contributed by atoms with Crippen molar-refractivity contribution in [1.29, 1.82) is 0 Å². The molecule has 1 aromatic heterocycles. The van der Waals surface area contributed by atoms with Crippen molar-refractivity contribution in [2.24, 2.45) is 7.05 Å². The molecule has 0 unspecified atom stereocenters. The van der Waals surface area contributed by atoms with Crippen LogP contribution in [0.1, 0.15) is 11.3 Å². The molecule has 5 heteroatoms. The molecule has 1 N–H and O–H groups in total. The predicted octanol–water partition coefficient (Wildman–Crippen LogP) is 2.34. The van der Waals surface area contributed by atoms with Crippen molar-refractivity contribution in [3.63, 3.8) is 0 Å². The zero-order valence-electron chi connectivity index (χ0n) is 9.24. The van der Waals surface area contributed by atoms with Crippen molar-refractivity contribution >= 4 is 28.3 Å². The second kappa shape index (κ2) is 4.82. The van der Waals surface area contributed by atoms with E-state index >= 15 is 0 Å². The Morgan fingerprint density at radius 2 is 2.25 bits per heavy atom. The van der Waals surface area contributed by atoms with Crippen molar-refractivity contribution in [1.82, 2.24) is 15.0 Å². The van der Waals surface area contributed by atoms with Crippen LogP contribution in [0.15, 0.2) is 24.4 Å². The van der Waals surface area contributed by atoms with E-state index in [0.717, 1.165) is 17.9 Å². The van der Waals surface area contributed by atoms with Gasteiger partial charge in [0.05, 0.1) is 18.4 Å².